The maximum absolute atomic E-state index is 12.3. The smallest absolute Gasteiger partial charge is 0.251 e. The zero-order valence-electron chi connectivity index (χ0n) is 10.6. The Morgan fingerprint density at radius 2 is 1.89 bits per heavy atom. The molecule has 18 heavy (non-hydrogen) atoms. The minimum atomic E-state index is -2.31. The van der Waals surface area contributed by atoms with E-state index in [0.717, 1.165) is 17.7 Å². The fraction of sp³-hybridized carbons (Fsp3) is 0.538. The second kappa shape index (κ2) is 8.00. The number of halogens is 2. The first-order valence-corrected chi connectivity index (χ1v) is 5.99. The van der Waals surface area contributed by atoms with Gasteiger partial charge in [0, 0.05) is 19.6 Å². The molecule has 0 aliphatic heterocycles. The predicted molar refractivity (Wildman–Crippen MR) is 68.2 cm³/mol. The van der Waals surface area contributed by atoms with Crippen LogP contribution in [0.3, 0.4) is 0 Å². The van der Waals surface area contributed by atoms with E-state index in [-0.39, 0.29) is 6.54 Å². The van der Waals surface area contributed by atoms with Gasteiger partial charge in [0.25, 0.3) is 6.43 Å². The van der Waals surface area contributed by atoms with Crippen molar-refractivity contribution in [1.29, 1.82) is 0 Å². The van der Waals surface area contributed by atoms with E-state index < -0.39 is 6.43 Å². The molecule has 102 valence electrons. The summed E-state index contributed by atoms with van der Waals surface area (Å²) >= 11 is 0. The molecule has 0 aliphatic rings. The zero-order valence-corrected chi connectivity index (χ0v) is 10.6. The molecule has 0 spiro atoms. The van der Waals surface area contributed by atoms with Crippen LogP contribution in [0.25, 0.3) is 0 Å². The molecule has 0 fully saturated rings. The molecule has 0 atom stereocenters. The average Bonchev–Trinajstić information content (AvgIpc) is 2.36. The standard InChI is InChI=1S/C13H20F2N2O/c1-18-12-4-2-11(3-5-12)6-8-17(9-7-16)10-13(14)15/h2-5,13H,6-10,16H2,1H3. The van der Waals surface area contributed by atoms with Crippen LogP contribution >= 0.6 is 0 Å². The number of alkyl halides is 2. The summed E-state index contributed by atoms with van der Waals surface area (Å²) in [4.78, 5) is 1.69. The van der Waals surface area contributed by atoms with Crippen molar-refractivity contribution in [3.63, 3.8) is 0 Å². The number of nitrogens with two attached hydrogens (primary N) is 1. The van der Waals surface area contributed by atoms with E-state index in [1.165, 1.54) is 0 Å². The highest BCUT2D eigenvalue weighted by atomic mass is 19.3. The molecule has 0 saturated carbocycles. The average molecular weight is 258 g/mol. The third-order valence-corrected chi connectivity index (χ3v) is 2.72. The summed E-state index contributed by atoms with van der Waals surface area (Å²) in [5.74, 6) is 0.796. The summed E-state index contributed by atoms with van der Waals surface area (Å²) in [6.07, 6.45) is -1.58. The van der Waals surface area contributed by atoms with Crippen LogP contribution in [0.15, 0.2) is 24.3 Å². The molecule has 0 unspecified atom stereocenters. The first-order valence-electron chi connectivity index (χ1n) is 5.99. The van der Waals surface area contributed by atoms with E-state index in [0.29, 0.717) is 19.6 Å². The first-order chi connectivity index (χ1) is 8.65. The summed E-state index contributed by atoms with van der Waals surface area (Å²) in [7, 11) is 1.61. The normalized spacial score (nSPS) is 11.2. The fourth-order valence-electron chi connectivity index (χ4n) is 1.75. The number of benzene rings is 1. The van der Waals surface area contributed by atoms with Crippen molar-refractivity contribution in [1.82, 2.24) is 4.90 Å². The van der Waals surface area contributed by atoms with E-state index in [9.17, 15) is 8.78 Å². The molecule has 1 aromatic carbocycles. The molecule has 0 amide bonds. The summed E-state index contributed by atoms with van der Waals surface area (Å²) < 4.78 is 29.7. The first kappa shape index (κ1) is 14.9. The Kier molecular flexibility index (Phi) is 6.60. The molecule has 1 rings (SSSR count). The Labute approximate surface area is 107 Å². The van der Waals surface area contributed by atoms with Crippen molar-refractivity contribution >= 4 is 0 Å². The minimum absolute atomic E-state index is 0.215. The Morgan fingerprint density at radius 1 is 1.22 bits per heavy atom. The van der Waals surface area contributed by atoms with Crippen molar-refractivity contribution in [2.75, 3.05) is 33.3 Å². The van der Waals surface area contributed by atoms with Gasteiger partial charge in [0.05, 0.1) is 13.7 Å². The molecule has 0 aliphatic carbocycles. The number of hydrogen-bond donors (Lipinski definition) is 1. The highest BCUT2D eigenvalue weighted by Gasteiger charge is 2.11. The molecule has 0 aromatic heterocycles. The van der Waals surface area contributed by atoms with Gasteiger partial charge in [-0.3, -0.25) is 4.90 Å². The third kappa shape index (κ3) is 5.42. The Bertz CT molecular complexity index is 330. The maximum Gasteiger partial charge on any atom is 0.251 e. The van der Waals surface area contributed by atoms with Crippen LogP contribution in [0, 0.1) is 0 Å². The van der Waals surface area contributed by atoms with Crippen molar-refractivity contribution in [2.45, 2.75) is 12.8 Å². The molecule has 0 radical (unpaired) electrons. The third-order valence-electron chi connectivity index (χ3n) is 2.72. The van der Waals surface area contributed by atoms with Gasteiger partial charge in [-0.2, -0.15) is 0 Å². The van der Waals surface area contributed by atoms with Gasteiger partial charge in [0.1, 0.15) is 5.75 Å². The van der Waals surface area contributed by atoms with Gasteiger partial charge < -0.3 is 10.5 Å². The van der Waals surface area contributed by atoms with Crippen LogP contribution in [0.5, 0.6) is 5.75 Å². The summed E-state index contributed by atoms with van der Waals surface area (Å²) in [6, 6.07) is 7.63. The van der Waals surface area contributed by atoms with Gasteiger partial charge in [-0.25, -0.2) is 8.78 Å². The van der Waals surface area contributed by atoms with Crippen LogP contribution in [-0.2, 0) is 6.42 Å². The number of methoxy groups -OCH3 is 1. The molecule has 0 saturated heterocycles. The molecule has 0 heterocycles. The number of hydrogen-bond acceptors (Lipinski definition) is 3. The van der Waals surface area contributed by atoms with E-state index in [4.69, 9.17) is 10.5 Å². The largest absolute Gasteiger partial charge is 0.497 e. The van der Waals surface area contributed by atoms with Gasteiger partial charge >= 0.3 is 0 Å². The lowest BCUT2D eigenvalue weighted by Gasteiger charge is -2.20. The zero-order chi connectivity index (χ0) is 13.4. The maximum atomic E-state index is 12.3. The highest BCUT2D eigenvalue weighted by Crippen LogP contribution is 2.12. The summed E-state index contributed by atoms with van der Waals surface area (Å²) in [6.45, 7) is 1.27. The quantitative estimate of drug-likeness (QED) is 0.772. The Morgan fingerprint density at radius 3 is 2.39 bits per heavy atom. The SMILES string of the molecule is COc1ccc(CCN(CCN)CC(F)F)cc1. The lowest BCUT2D eigenvalue weighted by atomic mass is 10.1. The molecule has 3 nitrogen and oxygen atoms in total. The van der Waals surface area contributed by atoms with Crippen LogP contribution in [0.2, 0.25) is 0 Å². The van der Waals surface area contributed by atoms with Crippen molar-refractivity contribution in [2.24, 2.45) is 5.73 Å². The number of nitrogens with zero attached hydrogens (tertiary/aromatic N) is 1. The summed E-state index contributed by atoms with van der Waals surface area (Å²) in [5.41, 5.74) is 6.51. The van der Waals surface area contributed by atoms with Crippen LogP contribution < -0.4 is 10.5 Å². The summed E-state index contributed by atoms with van der Waals surface area (Å²) in [5, 5.41) is 0. The van der Waals surface area contributed by atoms with Gasteiger partial charge in [-0.1, -0.05) is 12.1 Å². The molecule has 1 aromatic rings. The lowest BCUT2D eigenvalue weighted by Crippen LogP contribution is -2.35. The molecule has 0 bridgehead atoms. The van der Waals surface area contributed by atoms with E-state index in [2.05, 4.69) is 0 Å². The van der Waals surface area contributed by atoms with Gasteiger partial charge in [0.2, 0.25) is 0 Å². The van der Waals surface area contributed by atoms with E-state index in [1.807, 2.05) is 24.3 Å². The van der Waals surface area contributed by atoms with Crippen LogP contribution in [-0.4, -0.2) is 44.6 Å². The predicted octanol–water partition coefficient (Wildman–Crippen LogP) is 1.76. The van der Waals surface area contributed by atoms with Crippen LogP contribution in [0.4, 0.5) is 8.78 Å². The topological polar surface area (TPSA) is 38.5 Å². The van der Waals surface area contributed by atoms with Crippen LogP contribution in [0.1, 0.15) is 5.56 Å². The van der Waals surface area contributed by atoms with Crippen molar-refractivity contribution in [3.05, 3.63) is 29.8 Å². The highest BCUT2D eigenvalue weighted by molar-refractivity contribution is 5.27. The van der Waals surface area contributed by atoms with Crippen molar-refractivity contribution in [3.8, 4) is 5.75 Å². The second-order valence-electron chi connectivity index (χ2n) is 4.08. The Hall–Kier alpha value is -1.20. The minimum Gasteiger partial charge on any atom is -0.497 e. The van der Waals surface area contributed by atoms with E-state index in [1.54, 1.807) is 12.0 Å². The number of ether oxygens (including phenoxy) is 1. The second-order valence-corrected chi connectivity index (χ2v) is 4.08. The monoisotopic (exact) mass is 258 g/mol. The van der Waals surface area contributed by atoms with Gasteiger partial charge in [0.15, 0.2) is 0 Å². The fourth-order valence-corrected chi connectivity index (χ4v) is 1.75. The number of rotatable bonds is 8. The molecular formula is C13H20F2N2O. The van der Waals surface area contributed by atoms with Crippen molar-refractivity contribution < 1.29 is 13.5 Å². The lowest BCUT2D eigenvalue weighted by molar-refractivity contribution is 0.0902. The molecule has 2 N–H and O–H groups in total. The van der Waals surface area contributed by atoms with E-state index >= 15 is 0 Å². The molecule has 5 heteroatoms. The van der Waals surface area contributed by atoms with Gasteiger partial charge in [-0.05, 0) is 24.1 Å². The van der Waals surface area contributed by atoms with Gasteiger partial charge in [-0.15, -0.1) is 0 Å². The molecular weight excluding hydrogens is 238 g/mol. The Balaban J connectivity index is 2.44.